The number of hydrogen-bond acceptors (Lipinski definition) is 3. The molecule has 1 unspecified atom stereocenters. The van der Waals surface area contributed by atoms with Crippen LogP contribution in [-0.4, -0.2) is 24.1 Å². The number of nitrogens with one attached hydrogen (secondary N) is 1. The molecule has 0 spiro atoms. The van der Waals surface area contributed by atoms with Gasteiger partial charge in [-0.15, -0.1) is 0 Å². The van der Waals surface area contributed by atoms with Crippen molar-refractivity contribution in [2.24, 2.45) is 5.73 Å². The van der Waals surface area contributed by atoms with Gasteiger partial charge in [-0.05, 0) is 64.3 Å². The zero-order chi connectivity index (χ0) is 15.9. The normalized spacial score (nSPS) is 14.0. The Bertz CT molecular complexity index is 448. The van der Waals surface area contributed by atoms with Crippen LogP contribution in [0.3, 0.4) is 0 Å². The Morgan fingerprint density at radius 1 is 1.33 bits per heavy atom. The van der Waals surface area contributed by atoms with Gasteiger partial charge in [0, 0.05) is 6.04 Å². The molecule has 0 aromatic heterocycles. The molecular weight excluding hydrogens is 271 g/mol. The van der Waals surface area contributed by atoms with E-state index in [4.69, 9.17) is 10.5 Å². The number of rotatable bonds is 9. The number of amides is 1. The molecule has 118 valence electrons. The molecule has 1 amide bonds. The lowest BCUT2D eigenvalue weighted by Gasteiger charge is -2.29. The molecule has 3 N–H and O–H groups in total. The van der Waals surface area contributed by atoms with Crippen LogP contribution in [0.15, 0.2) is 24.3 Å². The van der Waals surface area contributed by atoms with E-state index in [1.54, 1.807) is 12.1 Å². The highest BCUT2D eigenvalue weighted by Crippen LogP contribution is 2.16. The summed E-state index contributed by atoms with van der Waals surface area (Å²) < 4.78 is 18.2. The summed E-state index contributed by atoms with van der Waals surface area (Å²) in [4.78, 5) is 11.6. The van der Waals surface area contributed by atoms with Crippen LogP contribution in [-0.2, 0) is 4.79 Å². The van der Waals surface area contributed by atoms with E-state index < -0.39 is 5.54 Å². The number of nitrogens with two attached hydrogens (primary N) is 1. The van der Waals surface area contributed by atoms with Crippen LogP contribution >= 0.6 is 0 Å². The van der Waals surface area contributed by atoms with Crippen molar-refractivity contribution >= 4 is 5.91 Å². The van der Waals surface area contributed by atoms with Crippen molar-refractivity contribution in [2.75, 3.05) is 6.61 Å². The van der Waals surface area contributed by atoms with Gasteiger partial charge in [0.05, 0.1) is 12.1 Å². The second-order valence-electron chi connectivity index (χ2n) is 5.75. The van der Waals surface area contributed by atoms with E-state index in [-0.39, 0.29) is 17.8 Å². The van der Waals surface area contributed by atoms with Gasteiger partial charge in [-0.25, -0.2) is 4.39 Å². The number of unbranched alkanes of at least 4 members (excludes halogenated alkanes) is 1. The largest absolute Gasteiger partial charge is 0.494 e. The summed E-state index contributed by atoms with van der Waals surface area (Å²) in [5.41, 5.74) is 4.78. The van der Waals surface area contributed by atoms with Gasteiger partial charge < -0.3 is 15.8 Å². The lowest BCUT2D eigenvalue weighted by molar-refractivity contribution is -0.124. The van der Waals surface area contributed by atoms with Gasteiger partial charge in [-0.2, -0.15) is 0 Å². The molecule has 1 aromatic rings. The number of carbonyl (C=O) groups is 1. The van der Waals surface area contributed by atoms with Crippen LogP contribution in [0.4, 0.5) is 4.39 Å². The molecule has 0 aliphatic rings. The van der Waals surface area contributed by atoms with Crippen LogP contribution in [0.25, 0.3) is 0 Å². The van der Waals surface area contributed by atoms with Gasteiger partial charge >= 0.3 is 0 Å². The van der Waals surface area contributed by atoms with Gasteiger partial charge in [-0.1, -0.05) is 0 Å². The number of carbonyl (C=O) groups excluding carboxylic acids is 1. The Balaban J connectivity index is 2.31. The third-order valence-corrected chi connectivity index (χ3v) is 3.30. The van der Waals surface area contributed by atoms with Crippen LogP contribution < -0.4 is 15.8 Å². The lowest BCUT2D eigenvalue weighted by atomic mass is 9.93. The van der Waals surface area contributed by atoms with E-state index >= 15 is 0 Å². The van der Waals surface area contributed by atoms with Crippen molar-refractivity contribution in [2.45, 2.75) is 51.6 Å². The molecule has 21 heavy (non-hydrogen) atoms. The fourth-order valence-electron chi connectivity index (χ4n) is 2.21. The zero-order valence-corrected chi connectivity index (χ0v) is 13.0. The van der Waals surface area contributed by atoms with E-state index in [2.05, 4.69) is 5.32 Å². The SMILES string of the molecule is CC(C)NC(C)(CCCCOc1ccc(F)cc1)C(N)=O. The van der Waals surface area contributed by atoms with Gasteiger partial charge in [0.1, 0.15) is 11.6 Å². The standard InChI is InChI=1S/C16H25FN2O2/c1-12(2)19-16(3,15(18)20)10-4-5-11-21-14-8-6-13(17)7-9-14/h6-9,12,19H,4-5,10-11H2,1-3H3,(H2,18,20). The van der Waals surface area contributed by atoms with Crippen molar-refractivity contribution < 1.29 is 13.9 Å². The van der Waals surface area contributed by atoms with Crippen LogP contribution in [0, 0.1) is 5.82 Å². The number of hydrogen-bond donors (Lipinski definition) is 2. The quantitative estimate of drug-likeness (QED) is 0.688. The highest BCUT2D eigenvalue weighted by atomic mass is 19.1. The average Bonchev–Trinajstić information content (AvgIpc) is 2.39. The van der Waals surface area contributed by atoms with Crippen LogP contribution in [0.5, 0.6) is 5.75 Å². The summed E-state index contributed by atoms with van der Waals surface area (Å²) in [7, 11) is 0. The van der Waals surface area contributed by atoms with Crippen molar-refractivity contribution in [3.8, 4) is 5.75 Å². The smallest absolute Gasteiger partial charge is 0.237 e. The van der Waals surface area contributed by atoms with Crippen molar-refractivity contribution in [1.29, 1.82) is 0 Å². The summed E-state index contributed by atoms with van der Waals surface area (Å²) in [6.45, 7) is 6.33. The highest BCUT2D eigenvalue weighted by molar-refractivity contribution is 5.84. The fourth-order valence-corrected chi connectivity index (χ4v) is 2.21. The highest BCUT2D eigenvalue weighted by Gasteiger charge is 2.30. The Morgan fingerprint density at radius 2 is 1.95 bits per heavy atom. The molecular formula is C16H25FN2O2. The maximum atomic E-state index is 12.7. The lowest BCUT2D eigenvalue weighted by Crippen LogP contribution is -2.55. The van der Waals surface area contributed by atoms with E-state index in [9.17, 15) is 9.18 Å². The molecule has 0 radical (unpaired) electrons. The molecule has 0 saturated heterocycles. The van der Waals surface area contributed by atoms with Gasteiger partial charge in [0.2, 0.25) is 5.91 Å². The predicted molar refractivity (Wildman–Crippen MR) is 81.6 cm³/mol. The van der Waals surface area contributed by atoms with E-state index in [0.717, 1.165) is 12.8 Å². The first kappa shape index (κ1) is 17.4. The maximum absolute atomic E-state index is 12.7. The first-order chi connectivity index (χ1) is 9.83. The molecule has 0 aliphatic heterocycles. The fraction of sp³-hybridized carbons (Fsp3) is 0.562. The molecule has 0 saturated carbocycles. The summed E-state index contributed by atoms with van der Waals surface area (Å²) in [6, 6.07) is 6.13. The Kier molecular flexibility index (Phi) is 6.62. The number of benzene rings is 1. The molecule has 0 aliphatic carbocycles. The van der Waals surface area contributed by atoms with Crippen LogP contribution in [0.2, 0.25) is 0 Å². The number of ether oxygens (including phenoxy) is 1. The third-order valence-electron chi connectivity index (χ3n) is 3.30. The first-order valence-corrected chi connectivity index (χ1v) is 7.29. The number of primary amides is 1. The van der Waals surface area contributed by atoms with Crippen molar-refractivity contribution in [3.63, 3.8) is 0 Å². The van der Waals surface area contributed by atoms with Gasteiger partial charge in [-0.3, -0.25) is 4.79 Å². The third kappa shape index (κ3) is 6.12. The van der Waals surface area contributed by atoms with E-state index in [1.807, 2.05) is 20.8 Å². The summed E-state index contributed by atoms with van der Waals surface area (Å²) >= 11 is 0. The second kappa shape index (κ2) is 7.98. The number of halogens is 1. The second-order valence-corrected chi connectivity index (χ2v) is 5.75. The minimum absolute atomic E-state index is 0.193. The summed E-state index contributed by atoms with van der Waals surface area (Å²) in [6.07, 6.45) is 2.29. The Labute approximate surface area is 125 Å². The Morgan fingerprint density at radius 3 is 2.48 bits per heavy atom. The van der Waals surface area contributed by atoms with Crippen molar-refractivity contribution in [1.82, 2.24) is 5.32 Å². The van der Waals surface area contributed by atoms with Gasteiger partial charge in [0.15, 0.2) is 0 Å². The molecule has 5 heteroatoms. The molecule has 4 nitrogen and oxygen atoms in total. The minimum Gasteiger partial charge on any atom is -0.494 e. The molecule has 1 rings (SSSR count). The Hall–Kier alpha value is -1.62. The molecule has 0 bridgehead atoms. The van der Waals surface area contributed by atoms with Gasteiger partial charge in [0.25, 0.3) is 0 Å². The molecule has 0 heterocycles. The van der Waals surface area contributed by atoms with Crippen LogP contribution in [0.1, 0.15) is 40.0 Å². The molecule has 1 atom stereocenters. The maximum Gasteiger partial charge on any atom is 0.237 e. The first-order valence-electron chi connectivity index (χ1n) is 7.29. The molecule has 0 fully saturated rings. The summed E-state index contributed by atoms with van der Waals surface area (Å²) in [5.74, 6) is 0.0318. The summed E-state index contributed by atoms with van der Waals surface area (Å²) in [5, 5.41) is 3.21. The monoisotopic (exact) mass is 296 g/mol. The topological polar surface area (TPSA) is 64.3 Å². The minimum atomic E-state index is -0.690. The van der Waals surface area contributed by atoms with E-state index in [1.165, 1.54) is 12.1 Å². The predicted octanol–water partition coefficient (Wildman–Crippen LogP) is 2.62. The van der Waals surface area contributed by atoms with Crippen molar-refractivity contribution in [3.05, 3.63) is 30.1 Å². The zero-order valence-electron chi connectivity index (χ0n) is 13.0. The van der Waals surface area contributed by atoms with E-state index in [0.29, 0.717) is 18.8 Å². The average molecular weight is 296 g/mol. The molecule has 1 aromatic carbocycles.